The maximum absolute atomic E-state index is 12.9. The summed E-state index contributed by atoms with van der Waals surface area (Å²) in [5, 5.41) is 2.62. The van der Waals surface area contributed by atoms with Crippen LogP contribution in [-0.2, 0) is 11.3 Å². The predicted molar refractivity (Wildman–Crippen MR) is 78.4 cm³/mol. The van der Waals surface area contributed by atoms with E-state index in [1.807, 2.05) is 0 Å². The summed E-state index contributed by atoms with van der Waals surface area (Å²) in [6.07, 6.45) is 1.51. The van der Waals surface area contributed by atoms with E-state index in [2.05, 4.69) is 21.2 Å². The second kappa shape index (κ2) is 6.19. The van der Waals surface area contributed by atoms with Gasteiger partial charge in [0.1, 0.15) is 12.4 Å². The van der Waals surface area contributed by atoms with Crippen molar-refractivity contribution in [2.75, 3.05) is 5.32 Å². The molecule has 0 spiro atoms. The molecule has 0 aliphatic rings. The lowest BCUT2D eigenvalue weighted by atomic mass is 10.3. The lowest BCUT2D eigenvalue weighted by molar-refractivity contribution is -0.116. The number of carbonyl (C=O) groups is 1. The molecule has 1 N–H and O–H groups in total. The van der Waals surface area contributed by atoms with Crippen molar-refractivity contribution in [1.29, 1.82) is 0 Å². The Morgan fingerprint density at radius 1 is 1.35 bits per heavy atom. The summed E-state index contributed by atoms with van der Waals surface area (Å²) in [6.45, 7) is -0.161. The lowest BCUT2D eigenvalue weighted by Crippen LogP contribution is -2.26. The van der Waals surface area contributed by atoms with E-state index in [1.54, 1.807) is 6.07 Å². The Balaban J connectivity index is 2.13. The molecule has 0 bridgehead atoms. The molecule has 104 valence electrons. The molecular formula is C13H9BrClFN2O2. The quantitative estimate of drug-likeness (QED) is 0.916. The molecule has 1 heterocycles. The fourth-order valence-corrected chi connectivity index (χ4v) is 2.15. The third-order valence-corrected chi connectivity index (χ3v) is 3.25. The molecule has 0 saturated heterocycles. The van der Waals surface area contributed by atoms with Crippen LogP contribution in [0.3, 0.4) is 0 Å². The molecule has 4 nitrogen and oxygen atoms in total. The predicted octanol–water partition coefficient (Wildman–Crippen LogP) is 3.04. The number of hydrogen-bond acceptors (Lipinski definition) is 2. The highest BCUT2D eigenvalue weighted by molar-refractivity contribution is 9.10. The molecule has 0 saturated carbocycles. The Hall–Kier alpha value is -1.66. The minimum Gasteiger partial charge on any atom is -0.323 e. The number of aromatic nitrogens is 1. The van der Waals surface area contributed by atoms with Crippen LogP contribution in [0, 0.1) is 5.82 Å². The van der Waals surface area contributed by atoms with Gasteiger partial charge in [0.15, 0.2) is 0 Å². The van der Waals surface area contributed by atoms with Crippen LogP contribution >= 0.6 is 27.5 Å². The molecule has 2 rings (SSSR count). The average molecular weight is 360 g/mol. The number of benzene rings is 1. The second-order valence-corrected chi connectivity index (χ2v) is 5.31. The van der Waals surface area contributed by atoms with Crippen LogP contribution in [0.1, 0.15) is 0 Å². The van der Waals surface area contributed by atoms with Crippen LogP contribution in [0.15, 0.2) is 45.8 Å². The van der Waals surface area contributed by atoms with E-state index in [-0.39, 0.29) is 17.1 Å². The molecule has 0 atom stereocenters. The summed E-state index contributed by atoms with van der Waals surface area (Å²) in [5.74, 6) is -0.921. The highest BCUT2D eigenvalue weighted by atomic mass is 79.9. The zero-order chi connectivity index (χ0) is 14.7. The number of pyridine rings is 1. The number of nitrogens with one attached hydrogen (secondary N) is 1. The monoisotopic (exact) mass is 358 g/mol. The van der Waals surface area contributed by atoms with E-state index in [0.717, 1.165) is 6.07 Å². The number of hydrogen-bond donors (Lipinski definition) is 1. The van der Waals surface area contributed by atoms with Gasteiger partial charge >= 0.3 is 0 Å². The largest absolute Gasteiger partial charge is 0.323 e. The molecule has 2 aromatic rings. The van der Waals surface area contributed by atoms with Crippen LogP contribution in [0.4, 0.5) is 10.1 Å². The summed E-state index contributed by atoms with van der Waals surface area (Å²) in [4.78, 5) is 23.4. The standard InChI is InChI=1S/C13H9BrClFN2O2/c14-8-1-4-13(20)18(6-8)7-12(19)17-11-3-2-9(16)5-10(11)15/h1-6H,7H2,(H,17,19). The van der Waals surface area contributed by atoms with Crippen molar-refractivity contribution < 1.29 is 9.18 Å². The van der Waals surface area contributed by atoms with E-state index in [1.165, 1.54) is 29.0 Å². The van der Waals surface area contributed by atoms with Gasteiger partial charge in [-0.3, -0.25) is 9.59 Å². The van der Waals surface area contributed by atoms with Crippen molar-refractivity contribution in [1.82, 2.24) is 4.57 Å². The fourth-order valence-electron chi connectivity index (χ4n) is 1.56. The van der Waals surface area contributed by atoms with Gasteiger partial charge in [0, 0.05) is 16.7 Å². The summed E-state index contributed by atoms with van der Waals surface area (Å²) in [7, 11) is 0. The summed E-state index contributed by atoms with van der Waals surface area (Å²) >= 11 is 9.02. The molecular weight excluding hydrogens is 351 g/mol. The van der Waals surface area contributed by atoms with Crippen LogP contribution in [0.25, 0.3) is 0 Å². The SMILES string of the molecule is O=C(Cn1cc(Br)ccc1=O)Nc1ccc(F)cc1Cl. The number of halogens is 3. The Morgan fingerprint density at radius 3 is 2.80 bits per heavy atom. The minimum absolute atomic E-state index is 0.0972. The van der Waals surface area contributed by atoms with E-state index < -0.39 is 11.7 Å². The number of rotatable bonds is 3. The molecule has 20 heavy (non-hydrogen) atoms. The van der Waals surface area contributed by atoms with Crippen LogP contribution in [0.5, 0.6) is 0 Å². The van der Waals surface area contributed by atoms with Gasteiger partial charge in [0.05, 0.1) is 10.7 Å². The lowest BCUT2D eigenvalue weighted by Gasteiger charge is -2.09. The van der Waals surface area contributed by atoms with E-state index >= 15 is 0 Å². The third kappa shape index (κ3) is 3.68. The van der Waals surface area contributed by atoms with Crippen molar-refractivity contribution in [3.8, 4) is 0 Å². The van der Waals surface area contributed by atoms with Gasteiger partial charge in [0.2, 0.25) is 5.91 Å². The smallest absolute Gasteiger partial charge is 0.251 e. The molecule has 1 amide bonds. The molecule has 0 unspecified atom stereocenters. The first-order valence-corrected chi connectivity index (χ1v) is 6.74. The zero-order valence-electron chi connectivity index (χ0n) is 10.1. The molecule has 0 aliphatic carbocycles. The van der Waals surface area contributed by atoms with Crippen molar-refractivity contribution in [3.63, 3.8) is 0 Å². The number of amides is 1. The van der Waals surface area contributed by atoms with Gasteiger partial charge in [-0.15, -0.1) is 0 Å². The van der Waals surface area contributed by atoms with Crippen molar-refractivity contribution >= 4 is 39.1 Å². The first kappa shape index (κ1) is 14.7. The zero-order valence-corrected chi connectivity index (χ0v) is 12.4. The molecule has 1 aromatic heterocycles. The van der Waals surface area contributed by atoms with E-state index in [4.69, 9.17) is 11.6 Å². The average Bonchev–Trinajstić information content (AvgIpc) is 2.37. The van der Waals surface area contributed by atoms with Gasteiger partial charge in [0.25, 0.3) is 5.56 Å². The Bertz CT molecular complexity index is 718. The molecule has 1 aromatic carbocycles. The first-order chi connectivity index (χ1) is 9.45. The maximum Gasteiger partial charge on any atom is 0.251 e. The van der Waals surface area contributed by atoms with E-state index in [0.29, 0.717) is 10.2 Å². The van der Waals surface area contributed by atoms with E-state index in [9.17, 15) is 14.0 Å². The number of nitrogens with zero attached hydrogens (tertiary/aromatic N) is 1. The number of anilines is 1. The van der Waals surface area contributed by atoms with Crippen molar-refractivity contribution in [3.05, 3.63) is 62.2 Å². The number of carbonyl (C=O) groups excluding carboxylic acids is 1. The van der Waals surface area contributed by atoms with Crippen molar-refractivity contribution in [2.24, 2.45) is 0 Å². The Kier molecular flexibility index (Phi) is 4.57. The Labute approximate surface area is 127 Å². The van der Waals surface area contributed by atoms with Gasteiger partial charge in [-0.2, -0.15) is 0 Å². The summed E-state index contributed by atoms with van der Waals surface area (Å²) in [6, 6.07) is 6.59. The Morgan fingerprint density at radius 2 is 2.10 bits per heavy atom. The molecule has 0 aliphatic heterocycles. The second-order valence-electron chi connectivity index (χ2n) is 3.99. The highest BCUT2D eigenvalue weighted by Gasteiger charge is 2.08. The first-order valence-electron chi connectivity index (χ1n) is 5.56. The molecule has 0 fully saturated rings. The summed E-state index contributed by atoms with van der Waals surface area (Å²) in [5.41, 5.74) is -0.00494. The van der Waals surface area contributed by atoms with Gasteiger partial charge in [-0.25, -0.2) is 4.39 Å². The van der Waals surface area contributed by atoms with Crippen LogP contribution in [-0.4, -0.2) is 10.5 Å². The molecule has 7 heteroatoms. The van der Waals surface area contributed by atoms with Gasteiger partial charge in [-0.1, -0.05) is 11.6 Å². The minimum atomic E-state index is -0.490. The highest BCUT2D eigenvalue weighted by Crippen LogP contribution is 2.22. The van der Waals surface area contributed by atoms with Gasteiger partial charge in [-0.05, 0) is 40.2 Å². The summed E-state index contributed by atoms with van der Waals surface area (Å²) < 4.78 is 14.8. The molecule has 0 radical (unpaired) electrons. The third-order valence-electron chi connectivity index (χ3n) is 2.47. The van der Waals surface area contributed by atoms with Crippen LogP contribution in [0.2, 0.25) is 5.02 Å². The van der Waals surface area contributed by atoms with Crippen molar-refractivity contribution in [2.45, 2.75) is 6.54 Å². The maximum atomic E-state index is 12.9. The normalized spacial score (nSPS) is 10.3. The van der Waals surface area contributed by atoms with Gasteiger partial charge < -0.3 is 9.88 Å². The fraction of sp³-hybridized carbons (Fsp3) is 0.0769. The topological polar surface area (TPSA) is 51.1 Å². The van der Waals surface area contributed by atoms with Crippen LogP contribution < -0.4 is 10.9 Å².